The van der Waals surface area contributed by atoms with Crippen LogP contribution >= 0.6 is 0 Å². The van der Waals surface area contributed by atoms with Crippen molar-refractivity contribution in [2.24, 2.45) is 0 Å². The fourth-order valence-corrected chi connectivity index (χ4v) is 3.29. The van der Waals surface area contributed by atoms with Crippen LogP contribution in [-0.4, -0.2) is 25.2 Å². The van der Waals surface area contributed by atoms with Crippen molar-refractivity contribution in [1.82, 2.24) is 14.5 Å². The number of hydrogen-bond acceptors (Lipinski definition) is 4. The van der Waals surface area contributed by atoms with E-state index < -0.39 is 10.0 Å². The molecule has 0 amide bonds. The summed E-state index contributed by atoms with van der Waals surface area (Å²) in [7, 11) is -2.24. The zero-order valence-electron chi connectivity index (χ0n) is 12.5. The first-order valence-corrected chi connectivity index (χ1v) is 8.44. The van der Waals surface area contributed by atoms with Gasteiger partial charge in [-0.2, -0.15) is 5.10 Å². The molecule has 0 aliphatic rings. The van der Waals surface area contributed by atoms with Crippen molar-refractivity contribution in [1.29, 1.82) is 0 Å². The molecule has 3 aromatic rings. The van der Waals surface area contributed by atoms with E-state index in [2.05, 4.69) is 9.82 Å². The van der Waals surface area contributed by atoms with E-state index in [0.717, 1.165) is 5.69 Å². The highest BCUT2D eigenvalue weighted by atomic mass is 32.2. The van der Waals surface area contributed by atoms with Gasteiger partial charge in [0.25, 0.3) is 0 Å². The summed E-state index contributed by atoms with van der Waals surface area (Å²) in [5.74, 6) is 0. The van der Waals surface area contributed by atoms with Crippen LogP contribution in [0.15, 0.2) is 65.7 Å². The quantitative estimate of drug-likeness (QED) is 0.717. The van der Waals surface area contributed by atoms with Crippen LogP contribution in [0.25, 0.3) is 16.9 Å². The van der Waals surface area contributed by atoms with E-state index >= 15 is 0 Å². The Hall–Kier alpha value is -2.64. The van der Waals surface area contributed by atoms with Crippen LogP contribution in [0.5, 0.6) is 0 Å². The summed E-state index contributed by atoms with van der Waals surface area (Å²) in [5, 5.41) is 4.30. The standard InChI is InChI=1S/C16H16N4O2S/c1-18-23(21,22)16-8-7-12(17)11-14(16)15-9-10-19-20(15)13-5-3-2-4-6-13/h2-11,18H,17H2,1H3. The fourth-order valence-electron chi connectivity index (χ4n) is 2.37. The number of nitrogens with zero attached hydrogens (tertiary/aromatic N) is 2. The van der Waals surface area contributed by atoms with Crippen molar-refractivity contribution in [3.8, 4) is 16.9 Å². The summed E-state index contributed by atoms with van der Waals surface area (Å²) in [6.07, 6.45) is 1.63. The average molecular weight is 328 g/mol. The van der Waals surface area contributed by atoms with Gasteiger partial charge in [0.2, 0.25) is 10.0 Å². The molecule has 1 heterocycles. The maximum absolute atomic E-state index is 12.3. The summed E-state index contributed by atoms with van der Waals surface area (Å²) in [6.45, 7) is 0. The molecule has 0 bridgehead atoms. The molecular weight excluding hydrogens is 312 g/mol. The number of nitrogen functional groups attached to an aromatic ring is 1. The molecule has 3 rings (SSSR count). The SMILES string of the molecule is CNS(=O)(=O)c1ccc(N)cc1-c1ccnn1-c1ccccc1. The molecule has 0 saturated heterocycles. The number of nitrogens with one attached hydrogen (secondary N) is 1. The van der Waals surface area contributed by atoms with Crippen LogP contribution < -0.4 is 10.5 Å². The van der Waals surface area contributed by atoms with E-state index in [-0.39, 0.29) is 4.90 Å². The number of nitrogens with two attached hydrogens (primary N) is 1. The van der Waals surface area contributed by atoms with Crippen LogP contribution in [0.4, 0.5) is 5.69 Å². The Morgan fingerprint density at radius 2 is 1.83 bits per heavy atom. The Kier molecular flexibility index (Phi) is 3.89. The molecule has 2 aromatic carbocycles. The third-order valence-electron chi connectivity index (χ3n) is 3.48. The summed E-state index contributed by atoms with van der Waals surface area (Å²) < 4.78 is 28.6. The molecule has 0 unspecified atom stereocenters. The molecule has 6 nitrogen and oxygen atoms in total. The second kappa shape index (κ2) is 5.86. The first-order valence-electron chi connectivity index (χ1n) is 6.96. The van der Waals surface area contributed by atoms with E-state index in [0.29, 0.717) is 16.9 Å². The number of hydrogen-bond donors (Lipinski definition) is 2. The van der Waals surface area contributed by atoms with Crippen LogP contribution in [-0.2, 0) is 10.0 Å². The molecule has 0 aliphatic carbocycles. The lowest BCUT2D eigenvalue weighted by Gasteiger charge is -2.13. The first-order chi connectivity index (χ1) is 11.0. The van der Waals surface area contributed by atoms with Crippen molar-refractivity contribution in [3.63, 3.8) is 0 Å². The third kappa shape index (κ3) is 2.84. The van der Waals surface area contributed by atoms with E-state index in [1.54, 1.807) is 29.1 Å². The molecule has 0 fully saturated rings. The predicted molar refractivity (Wildman–Crippen MR) is 89.7 cm³/mol. The van der Waals surface area contributed by atoms with Crippen molar-refractivity contribution < 1.29 is 8.42 Å². The zero-order valence-corrected chi connectivity index (χ0v) is 13.3. The third-order valence-corrected chi connectivity index (χ3v) is 4.95. The smallest absolute Gasteiger partial charge is 0.240 e. The summed E-state index contributed by atoms with van der Waals surface area (Å²) in [5.41, 5.74) is 8.33. The second-order valence-electron chi connectivity index (χ2n) is 4.93. The highest BCUT2D eigenvalue weighted by Crippen LogP contribution is 2.30. The molecule has 3 N–H and O–H groups in total. The van der Waals surface area contributed by atoms with E-state index in [4.69, 9.17) is 5.73 Å². The van der Waals surface area contributed by atoms with E-state index in [1.807, 2.05) is 30.3 Å². The van der Waals surface area contributed by atoms with Gasteiger partial charge in [-0.05, 0) is 43.4 Å². The second-order valence-corrected chi connectivity index (χ2v) is 6.78. The molecule has 7 heteroatoms. The van der Waals surface area contributed by atoms with Crippen molar-refractivity contribution in [2.75, 3.05) is 12.8 Å². The Bertz CT molecular complexity index is 934. The number of aromatic nitrogens is 2. The maximum atomic E-state index is 12.3. The molecule has 23 heavy (non-hydrogen) atoms. The minimum atomic E-state index is -3.62. The van der Waals surface area contributed by atoms with Crippen LogP contribution in [0.1, 0.15) is 0 Å². The highest BCUT2D eigenvalue weighted by molar-refractivity contribution is 7.89. The van der Waals surface area contributed by atoms with Gasteiger partial charge in [0.05, 0.1) is 22.5 Å². The topological polar surface area (TPSA) is 90.0 Å². The van der Waals surface area contributed by atoms with Crippen LogP contribution in [0, 0.1) is 0 Å². The van der Waals surface area contributed by atoms with Gasteiger partial charge < -0.3 is 5.73 Å². The Labute approximate surface area is 134 Å². The van der Waals surface area contributed by atoms with E-state index in [1.165, 1.54) is 13.1 Å². The molecular formula is C16H16N4O2S. The van der Waals surface area contributed by atoms with Gasteiger partial charge in [0.15, 0.2) is 0 Å². The van der Waals surface area contributed by atoms with Gasteiger partial charge in [-0.1, -0.05) is 18.2 Å². The van der Waals surface area contributed by atoms with Crippen molar-refractivity contribution in [3.05, 3.63) is 60.8 Å². The van der Waals surface area contributed by atoms with E-state index in [9.17, 15) is 8.42 Å². The molecule has 0 saturated carbocycles. The largest absolute Gasteiger partial charge is 0.399 e. The van der Waals surface area contributed by atoms with Gasteiger partial charge >= 0.3 is 0 Å². The van der Waals surface area contributed by atoms with Gasteiger partial charge in [0, 0.05) is 11.3 Å². The lowest BCUT2D eigenvalue weighted by atomic mass is 10.1. The van der Waals surface area contributed by atoms with Gasteiger partial charge in [-0.3, -0.25) is 0 Å². The molecule has 0 spiro atoms. The van der Waals surface area contributed by atoms with Gasteiger partial charge in [-0.15, -0.1) is 0 Å². The maximum Gasteiger partial charge on any atom is 0.240 e. The van der Waals surface area contributed by atoms with Gasteiger partial charge in [0.1, 0.15) is 0 Å². The number of para-hydroxylation sites is 1. The zero-order chi connectivity index (χ0) is 16.4. The minimum Gasteiger partial charge on any atom is -0.399 e. The lowest BCUT2D eigenvalue weighted by Crippen LogP contribution is -2.19. The summed E-state index contributed by atoms with van der Waals surface area (Å²) in [6, 6.07) is 16.0. The van der Waals surface area contributed by atoms with Crippen LogP contribution in [0.2, 0.25) is 0 Å². The summed E-state index contributed by atoms with van der Waals surface area (Å²) in [4.78, 5) is 0.159. The molecule has 0 radical (unpaired) electrons. The molecule has 0 atom stereocenters. The number of anilines is 1. The normalized spacial score (nSPS) is 11.5. The Morgan fingerprint density at radius 1 is 1.09 bits per heavy atom. The molecule has 0 aliphatic heterocycles. The van der Waals surface area contributed by atoms with Gasteiger partial charge in [-0.25, -0.2) is 17.8 Å². The Balaban J connectivity index is 2.25. The number of rotatable bonds is 4. The minimum absolute atomic E-state index is 0.159. The van der Waals surface area contributed by atoms with Crippen molar-refractivity contribution in [2.45, 2.75) is 4.90 Å². The molecule has 1 aromatic heterocycles. The number of sulfonamides is 1. The van der Waals surface area contributed by atoms with Crippen LogP contribution in [0.3, 0.4) is 0 Å². The summed E-state index contributed by atoms with van der Waals surface area (Å²) >= 11 is 0. The van der Waals surface area contributed by atoms with Crippen molar-refractivity contribution >= 4 is 15.7 Å². The average Bonchev–Trinajstić information content (AvgIpc) is 3.05. The fraction of sp³-hybridized carbons (Fsp3) is 0.0625. The highest BCUT2D eigenvalue weighted by Gasteiger charge is 2.20. The lowest BCUT2D eigenvalue weighted by molar-refractivity contribution is 0.588. The first kappa shape index (κ1) is 15.3. The number of benzene rings is 2. The Morgan fingerprint density at radius 3 is 2.52 bits per heavy atom. The monoisotopic (exact) mass is 328 g/mol. The molecule has 118 valence electrons. The predicted octanol–water partition coefficient (Wildman–Crippen LogP) is 2.03.